The zero-order valence-corrected chi connectivity index (χ0v) is 24.4. The van der Waals surface area contributed by atoms with E-state index in [1.54, 1.807) is 30.3 Å². The number of nitrogens with two attached hydrogens (primary N) is 2. The highest BCUT2D eigenvalue weighted by Crippen LogP contribution is 2.43. The maximum absolute atomic E-state index is 13.7. The Labute approximate surface area is 253 Å². The molecule has 0 aromatic heterocycles. The number of nitrogens with zero attached hydrogens (tertiary/aromatic N) is 4. The highest BCUT2D eigenvalue weighted by molar-refractivity contribution is 6.12. The van der Waals surface area contributed by atoms with E-state index < -0.39 is 47.4 Å². The summed E-state index contributed by atoms with van der Waals surface area (Å²) in [5, 5.41) is 29.5. The van der Waals surface area contributed by atoms with Gasteiger partial charge in [-0.3, -0.25) is 35.0 Å². The second-order valence-corrected chi connectivity index (χ2v) is 12.8. The largest absolute Gasteiger partial charge is 0.370 e. The molecule has 2 aromatic rings. The average molecular weight is 603 g/mol. The molecule has 2 aromatic carbocycles. The van der Waals surface area contributed by atoms with Gasteiger partial charge in [0.15, 0.2) is 12.0 Å². The van der Waals surface area contributed by atoms with Gasteiger partial charge >= 0.3 is 12.0 Å². The molecule has 14 nitrogen and oxygen atoms in total. The number of amides is 4. The SMILES string of the molecule is CC1(C)CCc2cccc(C(=O)NC3CN4C(N)=N[C@@H](CN5C(=O)CN(c6ccccc6)C5=O)[C@@H]5[NH+]=C(N)N[C@@]54C3(O)O)c21. The Balaban J connectivity index is 1.18. The van der Waals surface area contributed by atoms with Crippen molar-refractivity contribution in [1.29, 1.82) is 0 Å². The van der Waals surface area contributed by atoms with Crippen molar-refractivity contribution in [2.45, 2.75) is 61.7 Å². The molecule has 1 aliphatic carbocycles. The van der Waals surface area contributed by atoms with Crippen molar-refractivity contribution in [1.82, 2.24) is 20.4 Å². The summed E-state index contributed by atoms with van der Waals surface area (Å²) in [5.74, 6) is -3.52. The van der Waals surface area contributed by atoms with E-state index in [0.717, 1.165) is 28.9 Å². The Bertz CT molecular complexity index is 1640. The van der Waals surface area contributed by atoms with Crippen LogP contribution in [0.25, 0.3) is 0 Å². The van der Waals surface area contributed by atoms with E-state index in [1.807, 2.05) is 18.2 Å². The molecule has 4 amide bonds. The second-order valence-electron chi connectivity index (χ2n) is 12.8. The molecular weight excluding hydrogens is 566 g/mol. The molecule has 44 heavy (non-hydrogen) atoms. The Hall–Kier alpha value is -4.69. The van der Waals surface area contributed by atoms with Crippen LogP contribution in [0.4, 0.5) is 10.5 Å². The number of carbonyl (C=O) groups excluding carboxylic acids is 3. The maximum atomic E-state index is 13.7. The Morgan fingerprint density at radius 2 is 1.89 bits per heavy atom. The van der Waals surface area contributed by atoms with Gasteiger partial charge in [-0.2, -0.15) is 0 Å². The number of aliphatic imine (C=N–C) groups is 1. The number of para-hydroxylation sites is 1. The molecule has 14 heteroatoms. The first-order valence-electron chi connectivity index (χ1n) is 14.7. The van der Waals surface area contributed by atoms with Gasteiger partial charge in [0.25, 0.3) is 17.5 Å². The van der Waals surface area contributed by atoms with Gasteiger partial charge in [-0.25, -0.2) is 15.1 Å². The third kappa shape index (κ3) is 3.83. The van der Waals surface area contributed by atoms with Crippen molar-refractivity contribution in [3.8, 4) is 0 Å². The minimum absolute atomic E-state index is 0.0296. The van der Waals surface area contributed by atoms with Gasteiger partial charge in [0.2, 0.25) is 5.79 Å². The fourth-order valence-corrected chi connectivity index (χ4v) is 7.64. The first-order chi connectivity index (χ1) is 20.8. The number of aryl methyl sites for hydroxylation is 1. The van der Waals surface area contributed by atoms with Crippen LogP contribution < -0.4 is 32.0 Å². The lowest BCUT2D eigenvalue weighted by Gasteiger charge is -2.46. The van der Waals surface area contributed by atoms with E-state index in [4.69, 9.17) is 11.5 Å². The first-order valence-corrected chi connectivity index (χ1v) is 14.7. The summed E-state index contributed by atoms with van der Waals surface area (Å²) < 4.78 is 0. The van der Waals surface area contributed by atoms with Gasteiger partial charge < -0.3 is 21.3 Å². The molecule has 4 aliphatic heterocycles. The molecule has 4 heterocycles. The van der Waals surface area contributed by atoms with Crippen LogP contribution in [-0.2, 0) is 16.6 Å². The van der Waals surface area contributed by atoms with E-state index in [0.29, 0.717) is 11.3 Å². The van der Waals surface area contributed by atoms with Crippen LogP contribution >= 0.6 is 0 Å². The zero-order valence-electron chi connectivity index (χ0n) is 24.4. The van der Waals surface area contributed by atoms with Gasteiger partial charge in [-0.1, -0.05) is 44.2 Å². The quantitative estimate of drug-likeness (QED) is 0.140. The summed E-state index contributed by atoms with van der Waals surface area (Å²) in [6.45, 7) is 3.75. The van der Waals surface area contributed by atoms with E-state index in [-0.39, 0.29) is 37.0 Å². The Morgan fingerprint density at radius 1 is 1.14 bits per heavy atom. The van der Waals surface area contributed by atoms with Gasteiger partial charge in [0.1, 0.15) is 18.6 Å². The van der Waals surface area contributed by atoms with Crippen LogP contribution in [-0.4, -0.2) is 99.0 Å². The summed E-state index contributed by atoms with van der Waals surface area (Å²) >= 11 is 0. The number of nitrogens with one attached hydrogen (secondary N) is 3. The van der Waals surface area contributed by atoms with Crippen molar-refractivity contribution >= 4 is 35.5 Å². The number of benzene rings is 2. The predicted octanol–water partition coefficient (Wildman–Crippen LogP) is -2.77. The lowest BCUT2D eigenvalue weighted by atomic mass is 9.83. The van der Waals surface area contributed by atoms with E-state index in [2.05, 4.69) is 34.5 Å². The standard InChI is InChI=1S/C30H35N9O5/c1-28(2)12-11-16-7-6-10-18(22(16)28)24(41)34-20-14-39-26(32)33-19(23-29(39,30(20,43)44)36-25(31)35-23)13-38-21(40)15-37(27(38)42)17-8-4-3-5-9-17/h3-10,19-20,23,43-44H,11-15H2,1-2H3,(H2,32,33)(H,34,41)(H3,31,35,36)/p+1/t19-,20?,23-,29-/m0/s1. The Morgan fingerprint density at radius 3 is 2.64 bits per heavy atom. The molecule has 2 saturated heterocycles. The molecule has 230 valence electrons. The maximum Gasteiger partial charge on any atom is 0.343 e. The van der Waals surface area contributed by atoms with Crippen molar-refractivity contribution in [2.75, 3.05) is 24.5 Å². The third-order valence-corrected chi connectivity index (χ3v) is 9.77. The number of guanidine groups is 2. The molecule has 5 aliphatic rings. The second kappa shape index (κ2) is 9.40. The first kappa shape index (κ1) is 28.1. The van der Waals surface area contributed by atoms with Crippen LogP contribution in [0, 0.1) is 0 Å². The fraction of sp³-hybridized carbons (Fsp3) is 0.433. The molecule has 4 atom stereocenters. The molecule has 0 bridgehead atoms. The number of urea groups is 1. The number of hydrogen-bond donors (Lipinski definition) is 7. The topological polar surface area (TPSA) is 204 Å². The summed E-state index contributed by atoms with van der Waals surface area (Å²) in [6.07, 6.45) is 1.77. The third-order valence-electron chi connectivity index (χ3n) is 9.77. The highest BCUT2D eigenvalue weighted by Gasteiger charge is 2.76. The van der Waals surface area contributed by atoms with E-state index >= 15 is 0 Å². The number of imide groups is 1. The van der Waals surface area contributed by atoms with Crippen LogP contribution in [0.5, 0.6) is 0 Å². The average Bonchev–Trinajstić information content (AvgIpc) is 3.66. The molecule has 0 saturated carbocycles. The number of hydrogen-bond acceptors (Lipinski definition) is 10. The lowest BCUT2D eigenvalue weighted by Crippen LogP contribution is -2.90. The molecule has 1 unspecified atom stereocenters. The number of rotatable bonds is 5. The summed E-state index contributed by atoms with van der Waals surface area (Å²) in [7, 11) is 0. The van der Waals surface area contributed by atoms with Crippen molar-refractivity contribution < 1.29 is 29.6 Å². The molecule has 1 spiro atoms. The number of fused-ring (bicyclic) bond motifs is 1. The minimum Gasteiger partial charge on any atom is -0.370 e. The summed E-state index contributed by atoms with van der Waals surface area (Å²) in [6, 6.07) is 10.8. The monoisotopic (exact) mass is 602 g/mol. The van der Waals surface area contributed by atoms with Crippen molar-refractivity contribution in [3.63, 3.8) is 0 Å². The molecule has 0 radical (unpaired) electrons. The van der Waals surface area contributed by atoms with Crippen molar-refractivity contribution in [3.05, 3.63) is 65.2 Å². The van der Waals surface area contributed by atoms with Crippen molar-refractivity contribution in [2.24, 2.45) is 16.5 Å². The van der Waals surface area contributed by atoms with Gasteiger partial charge in [0.05, 0.1) is 13.1 Å². The molecular formula is C30H36N9O5+. The van der Waals surface area contributed by atoms with E-state index in [9.17, 15) is 24.6 Å². The van der Waals surface area contributed by atoms with E-state index in [1.165, 1.54) is 9.80 Å². The highest BCUT2D eigenvalue weighted by atomic mass is 16.5. The predicted molar refractivity (Wildman–Crippen MR) is 159 cm³/mol. The van der Waals surface area contributed by atoms with Crippen LogP contribution in [0.2, 0.25) is 0 Å². The van der Waals surface area contributed by atoms with Crippen LogP contribution in [0.3, 0.4) is 0 Å². The van der Waals surface area contributed by atoms with Gasteiger partial charge in [-0.05, 0) is 47.6 Å². The van der Waals surface area contributed by atoms with Gasteiger partial charge in [-0.15, -0.1) is 0 Å². The fourth-order valence-electron chi connectivity index (χ4n) is 7.64. The van der Waals surface area contributed by atoms with Crippen LogP contribution in [0.15, 0.2) is 53.5 Å². The minimum atomic E-state index is -2.62. The van der Waals surface area contributed by atoms with Crippen LogP contribution in [0.1, 0.15) is 41.8 Å². The molecule has 7 rings (SSSR count). The zero-order chi connectivity index (χ0) is 31.2. The van der Waals surface area contributed by atoms with Gasteiger partial charge in [0, 0.05) is 11.3 Å². The number of anilines is 1. The molecule has 2 fully saturated rings. The smallest absolute Gasteiger partial charge is 0.343 e. The Kier molecular flexibility index (Phi) is 6.01. The summed E-state index contributed by atoms with van der Waals surface area (Å²) in [5.41, 5.74) is 13.7. The number of carbonyl (C=O) groups is 3. The summed E-state index contributed by atoms with van der Waals surface area (Å²) in [4.78, 5) is 51.6. The number of aliphatic hydroxyl groups is 2. The molecule has 9 N–H and O–H groups in total. The lowest BCUT2D eigenvalue weighted by molar-refractivity contribution is -0.521. The normalized spacial score (nSPS) is 29.5.